The first-order valence-electron chi connectivity index (χ1n) is 12.7. The monoisotopic (exact) mass is 511 g/mol. The molecule has 1 atom stereocenters. The van der Waals surface area contributed by atoms with E-state index in [0.29, 0.717) is 15.1 Å². The van der Waals surface area contributed by atoms with Gasteiger partial charge in [-0.1, -0.05) is 47.7 Å². The molecule has 1 aliphatic heterocycles. The molecule has 0 saturated carbocycles. The van der Waals surface area contributed by atoms with E-state index in [1.165, 1.54) is 22.5 Å². The smallest absolute Gasteiger partial charge is 0.271 e. The van der Waals surface area contributed by atoms with Gasteiger partial charge in [-0.3, -0.25) is 9.36 Å². The third-order valence-corrected chi connectivity index (χ3v) is 8.25. The lowest BCUT2D eigenvalue weighted by Crippen LogP contribution is -2.38. The number of fused-ring (bicyclic) bond motifs is 3. The van der Waals surface area contributed by atoms with E-state index in [-0.39, 0.29) is 11.6 Å². The summed E-state index contributed by atoms with van der Waals surface area (Å²) in [4.78, 5) is 21.8. The van der Waals surface area contributed by atoms with Gasteiger partial charge in [0.2, 0.25) is 0 Å². The molecule has 2 aromatic heterocycles. The van der Waals surface area contributed by atoms with Crippen molar-refractivity contribution in [2.45, 2.75) is 32.7 Å². The minimum absolute atomic E-state index is 0.0456. The Bertz CT molecular complexity index is 1670. The van der Waals surface area contributed by atoms with Crippen molar-refractivity contribution >= 4 is 29.0 Å². The number of rotatable bonds is 6. The van der Waals surface area contributed by atoms with Crippen molar-refractivity contribution in [3.63, 3.8) is 0 Å². The van der Waals surface area contributed by atoms with Gasteiger partial charge in [-0.2, -0.15) is 0 Å². The normalized spacial score (nSPS) is 16.6. The molecule has 0 bridgehead atoms. The van der Waals surface area contributed by atoms with Crippen LogP contribution in [0.15, 0.2) is 80.4 Å². The topological polar surface area (TPSA) is 60.0 Å². The molecule has 4 aromatic rings. The van der Waals surface area contributed by atoms with Gasteiger partial charge in [0.05, 0.1) is 23.4 Å². The molecule has 6 nitrogen and oxygen atoms in total. The zero-order valence-electron chi connectivity index (χ0n) is 21.2. The van der Waals surface area contributed by atoms with Gasteiger partial charge in [0.25, 0.3) is 5.56 Å². The fourth-order valence-electron chi connectivity index (χ4n) is 5.36. The molecule has 1 aliphatic carbocycles. The zero-order valence-corrected chi connectivity index (χ0v) is 22.0. The Hall–Kier alpha value is -3.84. The van der Waals surface area contributed by atoms with Crippen LogP contribution in [0, 0.1) is 0 Å². The van der Waals surface area contributed by atoms with E-state index in [1.54, 1.807) is 7.11 Å². The highest BCUT2D eigenvalue weighted by Gasteiger charge is 2.32. The second-order valence-electron chi connectivity index (χ2n) is 9.24. The molecule has 37 heavy (non-hydrogen) atoms. The molecular formula is C30H29N3O3S. The number of hydrogen-bond donors (Lipinski definition) is 0. The van der Waals surface area contributed by atoms with Crippen molar-refractivity contribution in [2.75, 3.05) is 25.1 Å². The van der Waals surface area contributed by atoms with Crippen molar-refractivity contribution in [2.24, 2.45) is 4.99 Å². The summed E-state index contributed by atoms with van der Waals surface area (Å²) < 4.78 is 13.9. The number of allylic oxidation sites excluding steroid dienone is 1. The summed E-state index contributed by atoms with van der Waals surface area (Å²) in [6.45, 7) is 5.92. The lowest BCUT2D eigenvalue weighted by Gasteiger charge is -2.30. The fourth-order valence-corrected chi connectivity index (χ4v) is 6.34. The Morgan fingerprint density at radius 3 is 2.62 bits per heavy atom. The molecule has 3 heterocycles. The minimum atomic E-state index is -0.213. The Morgan fingerprint density at radius 1 is 1.08 bits per heavy atom. The van der Waals surface area contributed by atoms with Crippen LogP contribution >= 0.6 is 11.3 Å². The van der Waals surface area contributed by atoms with Crippen molar-refractivity contribution in [3.05, 3.63) is 108 Å². The Balaban J connectivity index is 1.54. The molecule has 0 radical (unpaired) electrons. The number of benzene rings is 2. The molecule has 0 saturated heterocycles. The minimum Gasteiger partial charge on any atom is -0.497 e. The molecule has 0 N–H and O–H groups in total. The Kier molecular flexibility index (Phi) is 6.08. The van der Waals surface area contributed by atoms with Gasteiger partial charge < -0.3 is 14.1 Å². The van der Waals surface area contributed by atoms with Crippen LogP contribution in [0.3, 0.4) is 0 Å². The number of nitrogens with zero attached hydrogens (tertiary/aromatic N) is 3. The molecular weight excluding hydrogens is 482 g/mol. The number of ether oxygens (including phenoxy) is 1. The number of anilines is 1. The van der Waals surface area contributed by atoms with Crippen LogP contribution in [0.5, 0.6) is 5.75 Å². The Labute approximate surface area is 219 Å². The van der Waals surface area contributed by atoms with Crippen molar-refractivity contribution in [1.29, 1.82) is 0 Å². The van der Waals surface area contributed by atoms with Gasteiger partial charge in [0, 0.05) is 30.8 Å². The molecule has 0 spiro atoms. The lowest BCUT2D eigenvalue weighted by atomic mass is 9.83. The van der Waals surface area contributed by atoms with E-state index in [1.807, 2.05) is 34.9 Å². The molecule has 2 aromatic carbocycles. The largest absolute Gasteiger partial charge is 0.497 e. The highest BCUT2D eigenvalue weighted by molar-refractivity contribution is 7.07. The number of thiazole rings is 1. The number of aryl methyl sites for hydroxylation is 1. The first-order valence-corrected chi connectivity index (χ1v) is 13.5. The summed E-state index contributed by atoms with van der Waals surface area (Å²) in [5, 5.41) is 0. The predicted octanol–water partition coefficient (Wildman–Crippen LogP) is 4.77. The SMILES string of the molecule is CCN(CC)c1ccc(/C=c2\sc3n(c2=O)[C@H](c2ccc(OC)cc2)C2=C(N=3)c3ccccc3CC2)o1. The van der Waals surface area contributed by atoms with E-state index in [0.717, 1.165) is 54.4 Å². The third-order valence-electron chi connectivity index (χ3n) is 7.27. The lowest BCUT2D eigenvalue weighted by molar-refractivity contribution is 0.414. The number of methoxy groups -OCH3 is 1. The summed E-state index contributed by atoms with van der Waals surface area (Å²) in [5.41, 5.74) is 5.65. The van der Waals surface area contributed by atoms with Crippen molar-refractivity contribution in [1.82, 2.24) is 4.57 Å². The van der Waals surface area contributed by atoms with Gasteiger partial charge in [-0.15, -0.1) is 0 Å². The molecule has 188 valence electrons. The van der Waals surface area contributed by atoms with E-state index in [4.69, 9.17) is 14.1 Å². The maximum atomic E-state index is 13.9. The summed E-state index contributed by atoms with van der Waals surface area (Å²) >= 11 is 1.42. The van der Waals surface area contributed by atoms with E-state index < -0.39 is 0 Å². The van der Waals surface area contributed by atoms with Gasteiger partial charge in [-0.05, 0) is 61.6 Å². The molecule has 2 aliphatic rings. The standard InChI is InChI=1S/C30H29N3O3S/c1-4-32(5-2)26-17-15-22(36-26)18-25-29(34)33-28(20-10-13-21(35-3)14-11-20)24-16-12-19-8-6-7-9-23(19)27(24)31-30(33)37-25/h6-11,13-15,17-18,28H,4-5,12,16H2,1-3H3/b25-18-/t28-/m1/s1. The first kappa shape index (κ1) is 23.6. The summed E-state index contributed by atoms with van der Waals surface area (Å²) in [6.07, 6.45) is 3.64. The highest BCUT2D eigenvalue weighted by Crippen LogP contribution is 2.41. The quantitative estimate of drug-likeness (QED) is 0.374. The number of furan rings is 1. The first-order chi connectivity index (χ1) is 18.1. The van der Waals surface area contributed by atoms with E-state index in [9.17, 15) is 4.79 Å². The van der Waals surface area contributed by atoms with Crippen LogP contribution in [-0.4, -0.2) is 24.8 Å². The second kappa shape index (κ2) is 9.56. The van der Waals surface area contributed by atoms with Crippen LogP contribution in [0.1, 0.15) is 48.8 Å². The average Bonchev–Trinajstić information content (AvgIpc) is 3.52. The maximum Gasteiger partial charge on any atom is 0.271 e. The van der Waals surface area contributed by atoms with Crippen molar-refractivity contribution < 1.29 is 9.15 Å². The van der Waals surface area contributed by atoms with Crippen LogP contribution in [-0.2, 0) is 6.42 Å². The van der Waals surface area contributed by atoms with Crippen molar-refractivity contribution in [3.8, 4) is 5.75 Å². The van der Waals surface area contributed by atoms with Gasteiger partial charge >= 0.3 is 0 Å². The average molecular weight is 512 g/mol. The molecule has 0 amide bonds. The summed E-state index contributed by atoms with van der Waals surface area (Å²) in [7, 11) is 1.66. The maximum absolute atomic E-state index is 13.9. The molecule has 0 unspecified atom stereocenters. The summed E-state index contributed by atoms with van der Waals surface area (Å²) in [5.74, 6) is 2.27. The highest BCUT2D eigenvalue weighted by atomic mass is 32.1. The van der Waals surface area contributed by atoms with Crippen LogP contribution in [0.2, 0.25) is 0 Å². The van der Waals surface area contributed by atoms with Gasteiger partial charge in [-0.25, -0.2) is 4.99 Å². The van der Waals surface area contributed by atoms with E-state index in [2.05, 4.69) is 55.1 Å². The van der Waals surface area contributed by atoms with Crippen LogP contribution in [0.4, 0.5) is 5.88 Å². The number of aromatic nitrogens is 1. The second-order valence-corrected chi connectivity index (χ2v) is 10.2. The van der Waals surface area contributed by atoms with E-state index >= 15 is 0 Å². The van der Waals surface area contributed by atoms with Gasteiger partial charge in [0.1, 0.15) is 11.5 Å². The van der Waals surface area contributed by atoms with Gasteiger partial charge in [0.15, 0.2) is 10.7 Å². The Morgan fingerprint density at radius 2 is 1.86 bits per heavy atom. The summed E-state index contributed by atoms with van der Waals surface area (Å²) in [6, 6.07) is 20.2. The van der Waals surface area contributed by atoms with Crippen LogP contribution in [0.25, 0.3) is 11.8 Å². The number of hydrogen-bond acceptors (Lipinski definition) is 6. The van der Waals surface area contributed by atoms with Crippen LogP contribution < -0.4 is 24.5 Å². The predicted molar refractivity (Wildman–Crippen MR) is 148 cm³/mol. The molecule has 0 fully saturated rings. The zero-order chi connectivity index (χ0) is 25.5. The molecule has 6 rings (SSSR count). The fraction of sp³-hybridized carbons (Fsp3) is 0.267. The third kappa shape index (κ3) is 4.03. The molecule has 7 heteroatoms.